The molecule has 2 heterocycles. The second-order valence-electron chi connectivity index (χ2n) is 3.45. The van der Waals surface area contributed by atoms with Crippen molar-refractivity contribution in [2.24, 2.45) is 0 Å². The van der Waals surface area contributed by atoms with E-state index in [1.165, 1.54) is 24.5 Å². The number of carboxylic acids is 1. The highest BCUT2D eigenvalue weighted by Crippen LogP contribution is 2.15. The minimum absolute atomic E-state index is 0.121. The van der Waals surface area contributed by atoms with Crippen LogP contribution in [-0.2, 0) is 0 Å². The maximum absolute atomic E-state index is 11.8. The van der Waals surface area contributed by atoms with Gasteiger partial charge in [0.2, 0.25) is 0 Å². The fourth-order valence-corrected chi connectivity index (χ4v) is 1.38. The quantitative estimate of drug-likeness (QED) is 0.847. The van der Waals surface area contributed by atoms with Gasteiger partial charge in [-0.15, -0.1) is 0 Å². The molecule has 0 aliphatic rings. The summed E-state index contributed by atoms with van der Waals surface area (Å²) in [4.78, 5) is 26.4. The zero-order chi connectivity index (χ0) is 13.1. The smallest absolute Gasteiger partial charge is 0.356 e. The van der Waals surface area contributed by atoms with Crippen molar-refractivity contribution in [1.82, 2.24) is 10.1 Å². The average molecular weight is 247 g/mol. The van der Waals surface area contributed by atoms with Gasteiger partial charge in [0.25, 0.3) is 5.91 Å². The number of aromatic nitrogens is 2. The molecule has 2 rings (SSSR count). The van der Waals surface area contributed by atoms with Gasteiger partial charge in [-0.05, 0) is 19.1 Å². The number of carbonyl (C=O) groups is 2. The van der Waals surface area contributed by atoms with Gasteiger partial charge in [0.05, 0.1) is 11.9 Å². The zero-order valence-electron chi connectivity index (χ0n) is 9.38. The average Bonchev–Trinajstić information content (AvgIpc) is 2.76. The Bertz CT molecular complexity index is 606. The Labute approximate surface area is 101 Å². The van der Waals surface area contributed by atoms with E-state index in [9.17, 15) is 9.59 Å². The van der Waals surface area contributed by atoms with E-state index < -0.39 is 11.9 Å². The lowest BCUT2D eigenvalue weighted by molar-refractivity contribution is 0.0692. The summed E-state index contributed by atoms with van der Waals surface area (Å²) in [6.45, 7) is 1.59. The van der Waals surface area contributed by atoms with E-state index in [0.717, 1.165) is 0 Å². The summed E-state index contributed by atoms with van der Waals surface area (Å²) in [7, 11) is 0. The normalized spacial score (nSPS) is 10.1. The lowest BCUT2D eigenvalue weighted by Crippen LogP contribution is -2.15. The Morgan fingerprint density at radius 1 is 1.44 bits per heavy atom. The molecule has 18 heavy (non-hydrogen) atoms. The number of nitrogens with one attached hydrogen (secondary N) is 1. The molecule has 0 fully saturated rings. The van der Waals surface area contributed by atoms with Gasteiger partial charge in [0, 0.05) is 6.20 Å². The number of anilines is 1. The summed E-state index contributed by atoms with van der Waals surface area (Å²) in [6, 6.07) is 2.99. The molecule has 1 amide bonds. The van der Waals surface area contributed by atoms with E-state index in [4.69, 9.17) is 9.63 Å². The van der Waals surface area contributed by atoms with E-state index in [2.05, 4.69) is 15.5 Å². The Hall–Kier alpha value is -2.70. The number of pyridine rings is 1. The molecular formula is C11H9N3O4. The molecular weight excluding hydrogens is 238 g/mol. The standard InChI is InChI=1S/C11H9N3O4/c1-6-7(5-13-18-6)10(15)14-8-3-2-4-12-9(8)11(16)17/h2-5H,1H3,(H,14,15)(H,16,17). The number of rotatable bonds is 3. The highest BCUT2D eigenvalue weighted by molar-refractivity contribution is 6.07. The summed E-state index contributed by atoms with van der Waals surface area (Å²) in [6.07, 6.45) is 2.60. The van der Waals surface area contributed by atoms with Crippen molar-refractivity contribution in [2.45, 2.75) is 6.92 Å². The van der Waals surface area contributed by atoms with Crippen LogP contribution in [-0.4, -0.2) is 27.1 Å². The predicted molar refractivity (Wildman–Crippen MR) is 60.4 cm³/mol. The Morgan fingerprint density at radius 2 is 2.22 bits per heavy atom. The van der Waals surface area contributed by atoms with Gasteiger partial charge in [-0.25, -0.2) is 9.78 Å². The lowest BCUT2D eigenvalue weighted by atomic mass is 10.2. The van der Waals surface area contributed by atoms with Crippen molar-refractivity contribution in [1.29, 1.82) is 0 Å². The van der Waals surface area contributed by atoms with E-state index >= 15 is 0 Å². The molecule has 0 radical (unpaired) electrons. The van der Waals surface area contributed by atoms with Crippen molar-refractivity contribution >= 4 is 17.6 Å². The number of aryl methyl sites for hydroxylation is 1. The van der Waals surface area contributed by atoms with Crippen LogP contribution >= 0.6 is 0 Å². The van der Waals surface area contributed by atoms with Gasteiger partial charge in [-0.1, -0.05) is 5.16 Å². The number of amides is 1. The van der Waals surface area contributed by atoms with Crippen molar-refractivity contribution in [2.75, 3.05) is 5.32 Å². The van der Waals surface area contributed by atoms with Crippen molar-refractivity contribution in [3.05, 3.63) is 41.5 Å². The van der Waals surface area contributed by atoms with Gasteiger partial charge < -0.3 is 14.9 Å². The first kappa shape index (κ1) is 11.8. The summed E-state index contributed by atoms with van der Waals surface area (Å²) in [5.41, 5.74) is 0.144. The van der Waals surface area contributed by atoms with Crippen LogP contribution in [0.25, 0.3) is 0 Å². The number of aromatic carboxylic acids is 1. The van der Waals surface area contributed by atoms with Gasteiger partial charge >= 0.3 is 5.97 Å². The molecule has 0 aliphatic carbocycles. The van der Waals surface area contributed by atoms with Crippen LogP contribution in [0.3, 0.4) is 0 Å². The second kappa shape index (κ2) is 4.66. The molecule has 2 aromatic rings. The third-order valence-corrected chi connectivity index (χ3v) is 2.25. The van der Waals surface area contributed by atoms with Crippen LogP contribution in [0.4, 0.5) is 5.69 Å². The molecule has 2 N–H and O–H groups in total. The zero-order valence-corrected chi connectivity index (χ0v) is 9.38. The van der Waals surface area contributed by atoms with E-state index in [1.807, 2.05) is 0 Å². The number of carboxylic acid groups (broad SMARTS) is 1. The molecule has 7 nitrogen and oxygen atoms in total. The molecule has 0 unspecified atom stereocenters. The molecule has 0 bridgehead atoms. The number of hydrogen-bond acceptors (Lipinski definition) is 5. The van der Waals surface area contributed by atoms with Gasteiger partial charge in [0.1, 0.15) is 11.3 Å². The SMILES string of the molecule is Cc1oncc1C(=O)Nc1cccnc1C(=O)O. The fourth-order valence-electron chi connectivity index (χ4n) is 1.38. The molecule has 0 atom stereocenters. The molecule has 0 saturated heterocycles. The van der Waals surface area contributed by atoms with Crippen LogP contribution in [0.5, 0.6) is 0 Å². The first-order chi connectivity index (χ1) is 8.59. The molecule has 7 heteroatoms. The minimum Gasteiger partial charge on any atom is -0.476 e. The molecule has 0 aromatic carbocycles. The maximum Gasteiger partial charge on any atom is 0.356 e. The maximum atomic E-state index is 11.8. The molecule has 0 spiro atoms. The van der Waals surface area contributed by atoms with Crippen LogP contribution in [0, 0.1) is 6.92 Å². The monoisotopic (exact) mass is 247 g/mol. The summed E-state index contributed by atoms with van der Waals surface area (Å²) < 4.78 is 4.76. The third-order valence-electron chi connectivity index (χ3n) is 2.25. The minimum atomic E-state index is -1.21. The Balaban J connectivity index is 2.28. The lowest BCUT2D eigenvalue weighted by Gasteiger charge is -2.06. The number of nitrogens with zero attached hydrogens (tertiary/aromatic N) is 2. The van der Waals surface area contributed by atoms with E-state index in [0.29, 0.717) is 5.76 Å². The Kier molecular flexibility index (Phi) is 3.05. The van der Waals surface area contributed by atoms with Crippen molar-refractivity contribution in [3.63, 3.8) is 0 Å². The van der Waals surface area contributed by atoms with Crippen molar-refractivity contribution in [3.8, 4) is 0 Å². The van der Waals surface area contributed by atoms with Crippen LogP contribution in [0.1, 0.15) is 26.6 Å². The van der Waals surface area contributed by atoms with Gasteiger partial charge in [-0.3, -0.25) is 4.79 Å². The third kappa shape index (κ3) is 2.19. The van der Waals surface area contributed by atoms with Crippen LogP contribution in [0.2, 0.25) is 0 Å². The summed E-state index contributed by atoms with van der Waals surface area (Å²) in [5, 5.41) is 14.8. The first-order valence-electron chi connectivity index (χ1n) is 5.00. The number of carbonyl (C=O) groups excluding carboxylic acids is 1. The Morgan fingerprint density at radius 3 is 2.83 bits per heavy atom. The highest BCUT2D eigenvalue weighted by atomic mass is 16.5. The summed E-state index contributed by atoms with van der Waals surface area (Å²) in [5.74, 6) is -1.36. The van der Waals surface area contributed by atoms with Gasteiger partial charge in [-0.2, -0.15) is 0 Å². The van der Waals surface area contributed by atoms with Crippen molar-refractivity contribution < 1.29 is 19.2 Å². The molecule has 0 aliphatic heterocycles. The first-order valence-corrected chi connectivity index (χ1v) is 5.00. The molecule has 0 saturated carbocycles. The number of hydrogen-bond donors (Lipinski definition) is 2. The topological polar surface area (TPSA) is 105 Å². The van der Waals surface area contributed by atoms with E-state index in [-0.39, 0.29) is 16.9 Å². The highest BCUT2D eigenvalue weighted by Gasteiger charge is 2.17. The summed E-state index contributed by atoms with van der Waals surface area (Å²) >= 11 is 0. The van der Waals surface area contributed by atoms with E-state index in [1.54, 1.807) is 6.92 Å². The molecule has 2 aromatic heterocycles. The molecule has 92 valence electrons. The fraction of sp³-hybridized carbons (Fsp3) is 0.0909. The van der Waals surface area contributed by atoms with Crippen LogP contribution in [0.15, 0.2) is 29.0 Å². The second-order valence-corrected chi connectivity index (χ2v) is 3.45. The predicted octanol–water partition coefficient (Wildman–Crippen LogP) is 1.33. The largest absolute Gasteiger partial charge is 0.476 e. The van der Waals surface area contributed by atoms with Crippen LogP contribution < -0.4 is 5.32 Å². The van der Waals surface area contributed by atoms with Gasteiger partial charge in [0.15, 0.2) is 5.69 Å².